The van der Waals surface area contributed by atoms with Crippen LogP contribution in [0.2, 0.25) is 0 Å². The third kappa shape index (κ3) is 5.69. The minimum absolute atomic E-state index is 0.184. The molecular weight excluding hydrogens is 254 g/mol. The molecule has 0 fully saturated rings. The molecule has 0 radical (unpaired) electrons. The maximum absolute atomic E-state index is 11.7. The molecule has 108 valence electrons. The summed E-state index contributed by atoms with van der Waals surface area (Å²) in [5.74, 6) is 0.0914. The van der Waals surface area contributed by atoms with Crippen molar-refractivity contribution >= 4 is 11.9 Å². The topological polar surface area (TPSA) is 55.4 Å². The van der Waals surface area contributed by atoms with Crippen LogP contribution in [-0.4, -0.2) is 17.9 Å². The van der Waals surface area contributed by atoms with Gasteiger partial charge in [-0.1, -0.05) is 50.8 Å². The van der Waals surface area contributed by atoms with Crippen molar-refractivity contribution in [2.45, 2.75) is 32.9 Å². The van der Waals surface area contributed by atoms with Crippen molar-refractivity contribution in [3.05, 3.63) is 48.6 Å². The summed E-state index contributed by atoms with van der Waals surface area (Å²) in [6, 6.07) is 8.81. The van der Waals surface area contributed by atoms with Gasteiger partial charge in [-0.2, -0.15) is 0 Å². The number of benzene rings is 1. The largest absolute Gasteiger partial charge is 0.445 e. The summed E-state index contributed by atoms with van der Waals surface area (Å²) in [5.41, 5.74) is 0.901. The maximum Gasteiger partial charge on any atom is 0.408 e. The fourth-order valence-electron chi connectivity index (χ4n) is 1.77. The number of rotatable bonds is 7. The number of amides is 1. The molecule has 1 aromatic carbocycles. The number of ketones is 1. The lowest BCUT2D eigenvalue weighted by atomic mass is 10.0. The quantitative estimate of drug-likeness (QED) is 0.778. The van der Waals surface area contributed by atoms with Gasteiger partial charge in [0.1, 0.15) is 6.61 Å². The molecule has 1 atom stereocenters. The molecule has 0 aromatic heterocycles. The Morgan fingerprint density at radius 1 is 1.30 bits per heavy atom. The van der Waals surface area contributed by atoms with Crippen LogP contribution in [0.1, 0.15) is 25.8 Å². The third-order valence-electron chi connectivity index (χ3n) is 2.76. The number of ether oxygens (including phenoxy) is 1. The van der Waals surface area contributed by atoms with Crippen molar-refractivity contribution in [2.75, 3.05) is 0 Å². The van der Waals surface area contributed by atoms with E-state index in [1.807, 2.05) is 44.2 Å². The molecule has 4 nitrogen and oxygen atoms in total. The molecule has 0 saturated carbocycles. The molecule has 1 amide bonds. The Hall–Kier alpha value is -2.10. The molecule has 0 aliphatic heterocycles. The normalized spacial score (nSPS) is 11.8. The zero-order chi connectivity index (χ0) is 15.0. The number of alkyl carbamates (subject to hydrolysis) is 1. The molecule has 1 N–H and O–H groups in total. The van der Waals surface area contributed by atoms with Crippen LogP contribution >= 0.6 is 0 Å². The van der Waals surface area contributed by atoms with Crippen molar-refractivity contribution in [1.29, 1.82) is 0 Å². The van der Waals surface area contributed by atoms with Crippen molar-refractivity contribution < 1.29 is 14.3 Å². The van der Waals surface area contributed by atoms with Crippen LogP contribution in [0.4, 0.5) is 4.79 Å². The summed E-state index contributed by atoms with van der Waals surface area (Å²) in [6.45, 7) is 7.60. The SMILES string of the molecule is C=CC(=O)[C@H](CC(C)C)NC(=O)OCc1ccccc1. The predicted octanol–water partition coefficient (Wildman–Crippen LogP) is 3.08. The molecule has 0 aliphatic rings. The summed E-state index contributed by atoms with van der Waals surface area (Å²) >= 11 is 0. The molecule has 20 heavy (non-hydrogen) atoms. The Balaban J connectivity index is 2.49. The Bertz CT molecular complexity index is 454. The van der Waals surface area contributed by atoms with Gasteiger partial charge in [-0.05, 0) is 24.0 Å². The average molecular weight is 275 g/mol. The maximum atomic E-state index is 11.7. The third-order valence-corrected chi connectivity index (χ3v) is 2.76. The van der Waals surface area contributed by atoms with E-state index in [9.17, 15) is 9.59 Å². The summed E-state index contributed by atoms with van der Waals surface area (Å²) < 4.78 is 5.10. The van der Waals surface area contributed by atoms with Crippen LogP contribution in [-0.2, 0) is 16.1 Å². The van der Waals surface area contributed by atoms with E-state index in [-0.39, 0.29) is 12.4 Å². The Labute approximate surface area is 119 Å². The van der Waals surface area contributed by atoms with E-state index in [2.05, 4.69) is 11.9 Å². The highest BCUT2D eigenvalue weighted by atomic mass is 16.5. The molecule has 1 rings (SSSR count). The zero-order valence-electron chi connectivity index (χ0n) is 12.0. The molecule has 0 saturated heterocycles. The number of carbonyl (C=O) groups is 2. The van der Waals surface area contributed by atoms with Crippen LogP contribution in [0, 0.1) is 5.92 Å². The second-order valence-corrected chi connectivity index (χ2v) is 4.99. The molecule has 1 aromatic rings. The molecule has 0 bridgehead atoms. The molecule has 0 unspecified atom stereocenters. The lowest BCUT2D eigenvalue weighted by Crippen LogP contribution is -2.41. The standard InChI is InChI=1S/C16H21NO3/c1-4-15(18)14(10-12(2)3)17-16(19)20-11-13-8-6-5-7-9-13/h4-9,12,14H,1,10-11H2,2-3H3,(H,17,19)/t14-/m0/s1. The number of carbonyl (C=O) groups excluding carboxylic acids is 2. The van der Waals surface area contributed by atoms with Gasteiger partial charge in [0.25, 0.3) is 0 Å². The van der Waals surface area contributed by atoms with Crippen LogP contribution < -0.4 is 5.32 Å². The van der Waals surface area contributed by atoms with E-state index in [1.54, 1.807) is 0 Å². The first-order valence-corrected chi connectivity index (χ1v) is 6.66. The zero-order valence-corrected chi connectivity index (χ0v) is 12.0. The van der Waals surface area contributed by atoms with Gasteiger partial charge in [-0.15, -0.1) is 0 Å². The van der Waals surface area contributed by atoms with E-state index in [4.69, 9.17) is 4.74 Å². The van der Waals surface area contributed by atoms with E-state index < -0.39 is 12.1 Å². The molecule has 0 heterocycles. The minimum atomic E-state index is -0.588. The second kappa shape index (κ2) is 8.15. The lowest BCUT2D eigenvalue weighted by molar-refractivity contribution is -0.116. The van der Waals surface area contributed by atoms with Crippen molar-refractivity contribution in [3.8, 4) is 0 Å². The van der Waals surface area contributed by atoms with E-state index in [0.29, 0.717) is 12.3 Å². The van der Waals surface area contributed by atoms with E-state index in [0.717, 1.165) is 5.56 Å². The van der Waals surface area contributed by atoms with Gasteiger partial charge in [0.05, 0.1) is 6.04 Å². The highest BCUT2D eigenvalue weighted by molar-refractivity contribution is 5.95. The van der Waals surface area contributed by atoms with Gasteiger partial charge < -0.3 is 10.1 Å². The van der Waals surface area contributed by atoms with Gasteiger partial charge in [0.2, 0.25) is 0 Å². The number of hydrogen-bond donors (Lipinski definition) is 1. The Morgan fingerprint density at radius 3 is 2.50 bits per heavy atom. The molecule has 4 heteroatoms. The lowest BCUT2D eigenvalue weighted by Gasteiger charge is -2.17. The smallest absolute Gasteiger partial charge is 0.408 e. The summed E-state index contributed by atoms with van der Waals surface area (Å²) in [6.07, 6.45) is 1.20. The highest BCUT2D eigenvalue weighted by Gasteiger charge is 2.20. The van der Waals surface area contributed by atoms with Gasteiger partial charge in [-0.25, -0.2) is 4.79 Å². The van der Waals surface area contributed by atoms with Gasteiger partial charge in [0.15, 0.2) is 5.78 Å². The first kappa shape index (κ1) is 16.0. The van der Waals surface area contributed by atoms with E-state index >= 15 is 0 Å². The predicted molar refractivity (Wildman–Crippen MR) is 78.2 cm³/mol. The first-order chi connectivity index (χ1) is 9.52. The summed E-state index contributed by atoms with van der Waals surface area (Å²) in [4.78, 5) is 23.4. The molecule has 0 aliphatic carbocycles. The minimum Gasteiger partial charge on any atom is -0.445 e. The van der Waals surface area contributed by atoms with Gasteiger partial charge >= 0.3 is 6.09 Å². The monoisotopic (exact) mass is 275 g/mol. The van der Waals surface area contributed by atoms with Crippen LogP contribution in [0.25, 0.3) is 0 Å². The van der Waals surface area contributed by atoms with Crippen LogP contribution in [0.5, 0.6) is 0 Å². The first-order valence-electron chi connectivity index (χ1n) is 6.66. The van der Waals surface area contributed by atoms with Crippen LogP contribution in [0.3, 0.4) is 0 Å². The molecular formula is C16H21NO3. The van der Waals surface area contributed by atoms with Crippen molar-refractivity contribution in [1.82, 2.24) is 5.32 Å². The average Bonchev–Trinajstić information content (AvgIpc) is 2.44. The van der Waals surface area contributed by atoms with Crippen molar-refractivity contribution in [2.24, 2.45) is 5.92 Å². The van der Waals surface area contributed by atoms with Gasteiger partial charge in [0, 0.05) is 0 Å². The summed E-state index contributed by atoms with van der Waals surface area (Å²) in [7, 11) is 0. The molecule has 0 spiro atoms. The Kier molecular flexibility index (Phi) is 6.50. The number of nitrogens with one attached hydrogen (secondary N) is 1. The van der Waals surface area contributed by atoms with Crippen molar-refractivity contribution in [3.63, 3.8) is 0 Å². The highest BCUT2D eigenvalue weighted by Crippen LogP contribution is 2.07. The summed E-state index contributed by atoms with van der Waals surface area (Å²) in [5, 5.41) is 2.59. The second-order valence-electron chi connectivity index (χ2n) is 4.99. The van der Waals surface area contributed by atoms with Crippen LogP contribution in [0.15, 0.2) is 43.0 Å². The fraction of sp³-hybridized carbons (Fsp3) is 0.375. The van der Waals surface area contributed by atoms with E-state index in [1.165, 1.54) is 6.08 Å². The Morgan fingerprint density at radius 2 is 1.95 bits per heavy atom. The number of hydrogen-bond acceptors (Lipinski definition) is 3. The van der Waals surface area contributed by atoms with Gasteiger partial charge in [-0.3, -0.25) is 4.79 Å². The fourth-order valence-corrected chi connectivity index (χ4v) is 1.77.